The third-order valence-electron chi connectivity index (χ3n) is 1.64. The van der Waals surface area contributed by atoms with E-state index in [2.05, 4.69) is 14.4 Å². The van der Waals surface area contributed by atoms with Gasteiger partial charge in [0.15, 0.2) is 0 Å². The van der Waals surface area contributed by atoms with Crippen LogP contribution < -0.4 is 14.4 Å². The molecule has 3 N–H and O–H groups in total. The molecule has 0 saturated carbocycles. The van der Waals surface area contributed by atoms with Crippen LogP contribution in [0.15, 0.2) is 0 Å². The average Bonchev–Trinajstić information content (AvgIpc) is 2.11. The molecule has 0 saturated heterocycles. The Labute approximate surface area is 97.9 Å². The van der Waals surface area contributed by atoms with Crippen molar-refractivity contribution < 1.29 is 9.59 Å². The van der Waals surface area contributed by atoms with Crippen molar-refractivity contribution >= 4 is 34.7 Å². The number of amides is 2. The first-order valence-corrected chi connectivity index (χ1v) is 5.63. The maximum atomic E-state index is 10.9. The Balaban J connectivity index is 3.13. The zero-order valence-electron chi connectivity index (χ0n) is 8.23. The maximum absolute atomic E-state index is 10.9. The van der Waals surface area contributed by atoms with Crippen molar-refractivity contribution in [1.82, 2.24) is 14.4 Å². The lowest BCUT2D eigenvalue weighted by atomic mass is 10.2. The summed E-state index contributed by atoms with van der Waals surface area (Å²) in [6.07, 6.45) is 3.25. The lowest BCUT2D eigenvalue weighted by Gasteiger charge is -2.02. The summed E-state index contributed by atoms with van der Waals surface area (Å²) < 4.78 is 2.55. The Kier molecular flexibility index (Phi) is 8.95. The van der Waals surface area contributed by atoms with Crippen molar-refractivity contribution in [1.29, 1.82) is 0 Å². The third kappa shape index (κ3) is 9.72. The van der Waals surface area contributed by atoms with Crippen LogP contribution >= 0.6 is 22.9 Å². The van der Waals surface area contributed by atoms with Gasteiger partial charge in [0.05, 0.1) is 0 Å². The van der Waals surface area contributed by atoms with Gasteiger partial charge in [0.25, 0.3) is 0 Å². The van der Waals surface area contributed by atoms with E-state index < -0.39 is 0 Å². The Hall–Kier alpha value is -0.370. The van der Waals surface area contributed by atoms with Gasteiger partial charge < -0.3 is 5.32 Å². The van der Waals surface area contributed by atoms with E-state index in [1.807, 2.05) is 22.9 Å². The fraction of sp³-hybridized carbons (Fsp3) is 0.750. The second-order valence-corrected chi connectivity index (χ2v) is 3.48. The zero-order chi connectivity index (χ0) is 10.8. The van der Waals surface area contributed by atoms with Gasteiger partial charge in [-0.2, -0.15) is 3.64 Å². The summed E-state index contributed by atoms with van der Waals surface area (Å²) >= 11 is 1.85. The predicted molar refractivity (Wildman–Crippen MR) is 62.5 cm³/mol. The first-order valence-electron chi connectivity index (χ1n) is 4.55. The van der Waals surface area contributed by atoms with E-state index in [4.69, 9.17) is 0 Å². The smallest absolute Gasteiger partial charge is 0.234 e. The van der Waals surface area contributed by atoms with E-state index in [-0.39, 0.29) is 11.8 Å². The molecule has 0 fully saturated rings. The molecule has 5 nitrogen and oxygen atoms in total. The molecular weight excluding hydrogens is 297 g/mol. The average molecular weight is 313 g/mol. The summed E-state index contributed by atoms with van der Waals surface area (Å²) in [5.74, 6) is -0.00391. The quantitative estimate of drug-likeness (QED) is 0.280. The number of carbonyl (C=O) groups excluding carboxylic acids is 2. The number of rotatable bonds is 7. The highest BCUT2D eigenvalue weighted by Crippen LogP contribution is 1.98. The van der Waals surface area contributed by atoms with Crippen molar-refractivity contribution in [3.8, 4) is 0 Å². The van der Waals surface area contributed by atoms with Gasteiger partial charge in [0.1, 0.15) is 0 Å². The van der Waals surface area contributed by atoms with E-state index in [0.29, 0.717) is 13.0 Å². The van der Waals surface area contributed by atoms with Crippen molar-refractivity contribution in [2.45, 2.75) is 32.6 Å². The summed E-state index contributed by atoms with van der Waals surface area (Å²) in [4.78, 5) is 21.4. The number of nitrogens with one attached hydrogen (secondary N) is 3. The van der Waals surface area contributed by atoms with Gasteiger partial charge in [0, 0.05) is 42.8 Å². The molecule has 0 spiro atoms. The minimum Gasteiger partial charge on any atom is -0.356 e. The number of halogens is 1. The van der Waals surface area contributed by atoms with Gasteiger partial charge in [-0.05, 0) is 12.8 Å². The van der Waals surface area contributed by atoms with Gasteiger partial charge in [-0.25, -0.2) is 0 Å². The summed E-state index contributed by atoms with van der Waals surface area (Å²) in [6, 6.07) is 0. The monoisotopic (exact) mass is 313 g/mol. The topological polar surface area (TPSA) is 70.2 Å². The molecular formula is C8H16IN3O2. The molecule has 14 heavy (non-hydrogen) atoms. The van der Waals surface area contributed by atoms with Crippen molar-refractivity contribution in [3.63, 3.8) is 0 Å². The normalized spacial score (nSPS) is 9.57. The highest BCUT2D eigenvalue weighted by atomic mass is 127. The highest BCUT2D eigenvalue weighted by molar-refractivity contribution is 14.1. The van der Waals surface area contributed by atoms with Crippen molar-refractivity contribution in [3.05, 3.63) is 0 Å². The fourth-order valence-electron chi connectivity index (χ4n) is 0.967. The van der Waals surface area contributed by atoms with Crippen LogP contribution in [0.4, 0.5) is 0 Å². The van der Waals surface area contributed by atoms with Crippen LogP contribution in [-0.2, 0) is 9.59 Å². The molecule has 0 aliphatic rings. The summed E-state index contributed by atoms with van der Waals surface area (Å²) in [7, 11) is 0. The van der Waals surface area contributed by atoms with E-state index in [1.54, 1.807) is 0 Å². The van der Waals surface area contributed by atoms with E-state index >= 15 is 0 Å². The third-order valence-corrected chi connectivity index (χ3v) is 1.91. The van der Waals surface area contributed by atoms with Gasteiger partial charge in [0.2, 0.25) is 11.8 Å². The molecule has 0 rings (SSSR count). The summed E-state index contributed by atoms with van der Waals surface area (Å²) in [6.45, 7) is 2.20. The molecule has 0 aromatic rings. The van der Waals surface area contributed by atoms with Gasteiger partial charge in [-0.3, -0.25) is 15.0 Å². The van der Waals surface area contributed by atoms with Crippen molar-refractivity contribution in [2.24, 2.45) is 0 Å². The van der Waals surface area contributed by atoms with Crippen LogP contribution in [0.25, 0.3) is 0 Å². The summed E-state index contributed by atoms with van der Waals surface area (Å²) in [5.41, 5.74) is 2.48. The highest BCUT2D eigenvalue weighted by Gasteiger charge is 1.98. The van der Waals surface area contributed by atoms with E-state index in [1.165, 1.54) is 6.92 Å². The first kappa shape index (κ1) is 13.6. The molecule has 82 valence electrons. The van der Waals surface area contributed by atoms with E-state index in [0.717, 1.165) is 19.3 Å². The van der Waals surface area contributed by atoms with Gasteiger partial charge >= 0.3 is 0 Å². The molecule has 0 aromatic carbocycles. The second-order valence-electron chi connectivity index (χ2n) is 2.94. The number of hydrazine groups is 1. The van der Waals surface area contributed by atoms with E-state index in [9.17, 15) is 9.59 Å². The molecule has 0 bridgehead atoms. The van der Waals surface area contributed by atoms with Gasteiger partial charge in [-0.15, -0.1) is 0 Å². The second kappa shape index (κ2) is 9.20. The SMILES string of the molecule is CC(=O)NCCCCCC(=O)NNI. The molecule has 0 aliphatic heterocycles. The van der Waals surface area contributed by atoms with Crippen LogP contribution in [0.2, 0.25) is 0 Å². The number of hydrogen-bond acceptors (Lipinski definition) is 3. The number of unbranched alkanes of at least 4 members (excludes halogenated alkanes) is 2. The number of carbonyl (C=O) groups is 2. The lowest BCUT2D eigenvalue weighted by molar-refractivity contribution is -0.121. The first-order chi connectivity index (χ1) is 6.66. The molecule has 6 heteroatoms. The molecule has 0 aromatic heterocycles. The zero-order valence-corrected chi connectivity index (χ0v) is 10.4. The minimum absolute atomic E-state index is 0.000993. The Morgan fingerprint density at radius 1 is 1.21 bits per heavy atom. The summed E-state index contributed by atoms with van der Waals surface area (Å²) in [5, 5.41) is 2.71. The maximum Gasteiger partial charge on any atom is 0.234 e. The van der Waals surface area contributed by atoms with Gasteiger partial charge in [-0.1, -0.05) is 6.42 Å². The standard InChI is InChI=1S/C8H16IN3O2/c1-7(13)10-6-4-2-3-5-8(14)11-12-9/h12H,2-6H2,1H3,(H,10,13)(H,11,14). The molecule has 0 aliphatic carbocycles. The minimum atomic E-state index is -0.00291. The molecule has 0 radical (unpaired) electrons. The Bertz CT molecular complexity index is 187. The van der Waals surface area contributed by atoms with Crippen LogP contribution in [0.5, 0.6) is 0 Å². The van der Waals surface area contributed by atoms with Crippen LogP contribution in [0.3, 0.4) is 0 Å². The Morgan fingerprint density at radius 3 is 2.50 bits per heavy atom. The predicted octanol–water partition coefficient (Wildman–Crippen LogP) is 0.654. The van der Waals surface area contributed by atoms with Crippen LogP contribution in [0, 0.1) is 0 Å². The molecule has 0 atom stereocenters. The molecule has 0 unspecified atom stereocenters. The molecule has 2 amide bonds. The Morgan fingerprint density at radius 2 is 1.93 bits per heavy atom. The van der Waals surface area contributed by atoms with Crippen molar-refractivity contribution in [2.75, 3.05) is 6.54 Å². The fourth-order valence-corrected chi connectivity index (χ4v) is 1.27. The molecule has 0 heterocycles. The number of hydrogen-bond donors (Lipinski definition) is 3. The lowest BCUT2D eigenvalue weighted by Crippen LogP contribution is -2.29. The largest absolute Gasteiger partial charge is 0.356 e. The van der Waals surface area contributed by atoms with Crippen LogP contribution in [0.1, 0.15) is 32.6 Å². The van der Waals surface area contributed by atoms with Crippen LogP contribution in [-0.4, -0.2) is 18.4 Å².